The fourth-order valence-electron chi connectivity index (χ4n) is 3.49. The second kappa shape index (κ2) is 10.9. The molecule has 2 fully saturated rings. The van der Waals surface area contributed by atoms with E-state index in [0.29, 0.717) is 26.1 Å². The number of β-amino-alcohol motifs (C(OH)–C–C–N with tert-alkyl or cyclic N) is 1. The summed E-state index contributed by atoms with van der Waals surface area (Å²) in [6.45, 7) is 6.17. The third-order valence-electron chi connectivity index (χ3n) is 5.02. The number of amides is 1. The summed E-state index contributed by atoms with van der Waals surface area (Å²) < 4.78 is 5.90. The molecule has 6 nitrogen and oxygen atoms in total. The van der Waals surface area contributed by atoms with E-state index in [4.69, 9.17) is 4.74 Å². The third kappa shape index (κ3) is 6.68. The maximum atomic E-state index is 11.6. The maximum Gasteiger partial charge on any atom is 0.222 e. The molecule has 3 rings (SSSR count). The molecule has 7 heteroatoms. The average molecular weight is 394 g/mol. The SMILES string of the molecule is O=C1CCCN1CCNCc1ccccc1OC[C@H](O)CN1CCSCC1. The number of thioether (sulfide) groups is 1. The molecule has 2 aliphatic rings. The molecule has 0 aliphatic carbocycles. The zero-order valence-corrected chi connectivity index (χ0v) is 16.8. The van der Waals surface area contributed by atoms with Crippen LogP contribution < -0.4 is 10.1 Å². The minimum atomic E-state index is -0.477. The Balaban J connectivity index is 1.39. The zero-order valence-electron chi connectivity index (χ0n) is 15.9. The average Bonchev–Trinajstić information content (AvgIpc) is 3.10. The Hall–Kier alpha value is -1.28. The predicted molar refractivity (Wildman–Crippen MR) is 109 cm³/mol. The number of rotatable bonds is 10. The quantitative estimate of drug-likeness (QED) is 0.582. The van der Waals surface area contributed by atoms with Crippen LogP contribution in [0.4, 0.5) is 0 Å². The lowest BCUT2D eigenvalue weighted by molar-refractivity contribution is -0.127. The fraction of sp³-hybridized carbons (Fsp3) is 0.650. The van der Waals surface area contributed by atoms with E-state index >= 15 is 0 Å². The van der Waals surface area contributed by atoms with Crippen molar-refractivity contribution in [2.75, 3.05) is 57.4 Å². The van der Waals surface area contributed by atoms with Crippen LogP contribution in [-0.4, -0.2) is 84.3 Å². The molecule has 0 saturated carbocycles. The molecule has 2 N–H and O–H groups in total. The van der Waals surface area contributed by atoms with Gasteiger partial charge < -0.3 is 20.1 Å². The molecule has 1 atom stereocenters. The maximum absolute atomic E-state index is 11.6. The lowest BCUT2D eigenvalue weighted by Gasteiger charge is -2.28. The summed E-state index contributed by atoms with van der Waals surface area (Å²) in [4.78, 5) is 15.9. The molecule has 0 bridgehead atoms. The van der Waals surface area contributed by atoms with Crippen molar-refractivity contribution < 1.29 is 14.6 Å². The molecular weight excluding hydrogens is 362 g/mol. The van der Waals surface area contributed by atoms with Crippen molar-refractivity contribution >= 4 is 17.7 Å². The minimum absolute atomic E-state index is 0.266. The standard InChI is InChI=1S/C20H31N3O3S/c24-18(15-22-10-12-27-13-11-22)16-26-19-5-2-1-4-17(19)14-21-7-9-23-8-3-6-20(23)25/h1-2,4-5,18,21,24H,3,6-16H2/t18-/m1/s1. The Morgan fingerprint density at radius 1 is 1.22 bits per heavy atom. The van der Waals surface area contributed by atoms with Gasteiger partial charge in [-0.1, -0.05) is 18.2 Å². The van der Waals surface area contributed by atoms with Crippen molar-refractivity contribution in [3.05, 3.63) is 29.8 Å². The molecule has 0 unspecified atom stereocenters. The molecular formula is C20H31N3O3S. The summed E-state index contributed by atoms with van der Waals surface area (Å²) in [5.41, 5.74) is 1.08. The highest BCUT2D eigenvalue weighted by molar-refractivity contribution is 7.99. The highest BCUT2D eigenvalue weighted by Crippen LogP contribution is 2.18. The molecule has 2 aliphatic heterocycles. The number of nitrogens with zero attached hydrogens (tertiary/aromatic N) is 2. The summed E-state index contributed by atoms with van der Waals surface area (Å²) in [6.07, 6.45) is 1.19. The molecule has 150 valence electrons. The van der Waals surface area contributed by atoms with Gasteiger partial charge in [-0.3, -0.25) is 9.69 Å². The molecule has 2 heterocycles. The fourth-order valence-corrected chi connectivity index (χ4v) is 4.47. The van der Waals surface area contributed by atoms with Gasteiger partial charge >= 0.3 is 0 Å². The van der Waals surface area contributed by atoms with Crippen molar-refractivity contribution in [1.29, 1.82) is 0 Å². The molecule has 0 radical (unpaired) electrons. The summed E-state index contributed by atoms with van der Waals surface area (Å²) in [5.74, 6) is 3.37. The van der Waals surface area contributed by atoms with E-state index in [1.165, 1.54) is 0 Å². The van der Waals surface area contributed by atoms with Gasteiger partial charge in [-0.15, -0.1) is 0 Å². The first-order valence-corrected chi connectivity index (χ1v) is 11.0. The number of para-hydroxylation sites is 1. The van der Waals surface area contributed by atoms with E-state index in [1.54, 1.807) is 0 Å². The van der Waals surface area contributed by atoms with Crippen molar-refractivity contribution in [1.82, 2.24) is 15.1 Å². The van der Waals surface area contributed by atoms with Crippen molar-refractivity contribution in [3.63, 3.8) is 0 Å². The molecule has 1 amide bonds. The second-order valence-corrected chi connectivity index (χ2v) is 8.37. The molecule has 1 aromatic rings. The Labute approximate surface area is 166 Å². The topological polar surface area (TPSA) is 65.0 Å². The van der Waals surface area contributed by atoms with Gasteiger partial charge in [-0.05, 0) is 12.5 Å². The van der Waals surface area contributed by atoms with Crippen LogP contribution in [0.5, 0.6) is 5.75 Å². The van der Waals surface area contributed by atoms with E-state index < -0.39 is 6.10 Å². The van der Waals surface area contributed by atoms with Crippen LogP contribution in [0.25, 0.3) is 0 Å². The van der Waals surface area contributed by atoms with E-state index in [-0.39, 0.29) is 5.91 Å². The van der Waals surface area contributed by atoms with Crippen molar-refractivity contribution in [2.45, 2.75) is 25.5 Å². The first kappa shape index (κ1) is 20.5. The Kier molecular flexibility index (Phi) is 8.26. The number of ether oxygens (including phenoxy) is 1. The van der Waals surface area contributed by atoms with Gasteiger partial charge in [0.1, 0.15) is 18.5 Å². The number of hydrogen-bond donors (Lipinski definition) is 2. The number of benzene rings is 1. The molecule has 1 aromatic carbocycles. The predicted octanol–water partition coefficient (Wildman–Crippen LogP) is 1.19. The second-order valence-electron chi connectivity index (χ2n) is 7.15. The Bertz CT molecular complexity index is 596. The van der Waals surface area contributed by atoms with Crippen LogP contribution in [0.15, 0.2) is 24.3 Å². The molecule has 0 aromatic heterocycles. The Morgan fingerprint density at radius 2 is 2.04 bits per heavy atom. The summed E-state index contributed by atoms with van der Waals surface area (Å²) in [6, 6.07) is 7.94. The molecule has 27 heavy (non-hydrogen) atoms. The van der Waals surface area contributed by atoms with Gasteiger partial charge in [0.2, 0.25) is 5.91 Å². The first-order chi connectivity index (χ1) is 13.2. The summed E-state index contributed by atoms with van der Waals surface area (Å²) in [7, 11) is 0. The number of aliphatic hydroxyl groups is 1. The molecule has 2 saturated heterocycles. The first-order valence-electron chi connectivity index (χ1n) is 9.90. The van der Waals surface area contributed by atoms with Crippen LogP contribution >= 0.6 is 11.8 Å². The van der Waals surface area contributed by atoms with Gasteiger partial charge in [0.05, 0.1) is 0 Å². The highest BCUT2D eigenvalue weighted by atomic mass is 32.2. The normalized spacial score (nSPS) is 19.4. The van der Waals surface area contributed by atoms with Crippen LogP contribution in [0, 0.1) is 0 Å². The van der Waals surface area contributed by atoms with E-state index in [0.717, 1.165) is 62.0 Å². The van der Waals surface area contributed by atoms with E-state index in [9.17, 15) is 9.90 Å². The lowest BCUT2D eigenvalue weighted by atomic mass is 10.2. The van der Waals surface area contributed by atoms with Crippen LogP contribution in [-0.2, 0) is 11.3 Å². The van der Waals surface area contributed by atoms with Gasteiger partial charge in [-0.2, -0.15) is 11.8 Å². The highest BCUT2D eigenvalue weighted by Gasteiger charge is 2.19. The summed E-state index contributed by atoms with van der Waals surface area (Å²) in [5, 5.41) is 13.7. The minimum Gasteiger partial charge on any atom is -0.491 e. The number of carbonyl (C=O) groups is 1. The zero-order chi connectivity index (χ0) is 18.9. The van der Waals surface area contributed by atoms with Crippen LogP contribution in [0.1, 0.15) is 18.4 Å². The van der Waals surface area contributed by atoms with Gasteiger partial charge in [0.15, 0.2) is 0 Å². The van der Waals surface area contributed by atoms with Gasteiger partial charge in [-0.25, -0.2) is 0 Å². The van der Waals surface area contributed by atoms with Crippen LogP contribution in [0.2, 0.25) is 0 Å². The number of aliphatic hydroxyl groups excluding tert-OH is 1. The third-order valence-corrected chi connectivity index (χ3v) is 5.96. The van der Waals surface area contributed by atoms with Crippen LogP contribution in [0.3, 0.4) is 0 Å². The summed E-state index contributed by atoms with van der Waals surface area (Å²) >= 11 is 1.97. The lowest BCUT2D eigenvalue weighted by Crippen LogP contribution is -2.40. The van der Waals surface area contributed by atoms with Crippen molar-refractivity contribution in [2.24, 2.45) is 0 Å². The number of hydrogen-bond acceptors (Lipinski definition) is 6. The van der Waals surface area contributed by atoms with E-state index in [2.05, 4.69) is 10.2 Å². The number of likely N-dealkylation sites (tertiary alicyclic amines) is 1. The Morgan fingerprint density at radius 3 is 2.81 bits per heavy atom. The van der Waals surface area contributed by atoms with E-state index in [1.807, 2.05) is 40.9 Å². The number of carbonyl (C=O) groups excluding carboxylic acids is 1. The number of nitrogens with one attached hydrogen (secondary N) is 1. The molecule has 0 spiro atoms. The van der Waals surface area contributed by atoms with Gasteiger partial charge in [0, 0.05) is 69.3 Å². The van der Waals surface area contributed by atoms with Gasteiger partial charge in [0.25, 0.3) is 0 Å². The van der Waals surface area contributed by atoms with Crippen molar-refractivity contribution in [3.8, 4) is 5.75 Å². The monoisotopic (exact) mass is 393 g/mol. The largest absolute Gasteiger partial charge is 0.491 e. The smallest absolute Gasteiger partial charge is 0.222 e.